The van der Waals surface area contributed by atoms with Crippen LogP contribution in [0.15, 0.2) is 30.3 Å². The topological polar surface area (TPSA) is 63.9 Å². The molecule has 1 fully saturated rings. The molecule has 1 aromatic carbocycles. The van der Waals surface area contributed by atoms with Crippen LogP contribution in [0.1, 0.15) is 5.56 Å². The van der Waals surface area contributed by atoms with E-state index in [1.54, 1.807) is 0 Å². The van der Waals surface area contributed by atoms with Gasteiger partial charge in [-0.25, -0.2) is 0 Å². The van der Waals surface area contributed by atoms with E-state index in [2.05, 4.69) is 0 Å². The number of nitrogens with zero attached hydrogens (tertiary/aromatic N) is 1. The molecule has 16 heavy (non-hydrogen) atoms. The third-order valence-electron chi connectivity index (χ3n) is 3.09. The van der Waals surface area contributed by atoms with Gasteiger partial charge < -0.3 is 15.3 Å². The molecule has 0 unspecified atom stereocenters. The Morgan fingerprint density at radius 3 is 2.50 bits per heavy atom. The normalized spacial score (nSPS) is 30.8. The van der Waals surface area contributed by atoms with Crippen LogP contribution in [0.5, 0.6) is 0 Å². The predicted molar refractivity (Wildman–Crippen MR) is 59.7 cm³/mol. The van der Waals surface area contributed by atoms with Gasteiger partial charge in [0.05, 0.1) is 24.9 Å². The van der Waals surface area contributed by atoms with Crippen LogP contribution in [0.3, 0.4) is 0 Å². The highest BCUT2D eigenvalue weighted by Crippen LogP contribution is 2.20. The second kappa shape index (κ2) is 4.93. The molecule has 0 saturated carbocycles. The Hall–Kier alpha value is -0.940. The van der Waals surface area contributed by atoms with Crippen molar-refractivity contribution in [3.63, 3.8) is 0 Å². The second-order valence-electron chi connectivity index (χ2n) is 4.22. The summed E-state index contributed by atoms with van der Waals surface area (Å²) in [5.41, 5.74) is 1.11. The number of β-amino-alcohol motifs (C(OH)–C–C–N with tert-alkyl or cyclic N) is 1. The molecular weight excluding hydrogens is 206 g/mol. The maximum Gasteiger partial charge on any atom is 0.0988 e. The van der Waals surface area contributed by atoms with Crippen molar-refractivity contribution in [2.24, 2.45) is 0 Å². The van der Waals surface area contributed by atoms with Crippen LogP contribution >= 0.6 is 0 Å². The number of likely N-dealkylation sites (tertiary alicyclic amines) is 1. The quantitative estimate of drug-likeness (QED) is 0.651. The van der Waals surface area contributed by atoms with Gasteiger partial charge in [0.1, 0.15) is 0 Å². The molecule has 88 valence electrons. The van der Waals surface area contributed by atoms with Gasteiger partial charge in [-0.3, -0.25) is 4.90 Å². The molecule has 2 rings (SSSR count). The number of aliphatic hydroxyl groups excluding tert-OH is 3. The van der Waals surface area contributed by atoms with E-state index >= 15 is 0 Å². The van der Waals surface area contributed by atoms with Crippen molar-refractivity contribution in [3.05, 3.63) is 35.9 Å². The summed E-state index contributed by atoms with van der Waals surface area (Å²) < 4.78 is 0. The summed E-state index contributed by atoms with van der Waals surface area (Å²) in [6.07, 6.45) is -1.62. The number of aliphatic hydroxyl groups is 3. The smallest absolute Gasteiger partial charge is 0.0988 e. The van der Waals surface area contributed by atoms with Gasteiger partial charge in [0.15, 0.2) is 0 Å². The Kier molecular flexibility index (Phi) is 3.56. The largest absolute Gasteiger partial charge is 0.395 e. The first-order valence-electron chi connectivity index (χ1n) is 5.47. The number of hydrogen-bond donors (Lipinski definition) is 3. The van der Waals surface area contributed by atoms with Crippen molar-refractivity contribution >= 4 is 0 Å². The number of benzene rings is 1. The first-order valence-corrected chi connectivity index (χ1v) is 5.47. The third kappa shape index (κ3) is 2.25. The molecule has 1 aromatic rings. The van der Waals surface area contributed by atoms with E-state index in [0.29, 0.717) is 13.1 Å². The molecule has 1 heterocycles. The zero-order chi connectivity index (χ0) is 11.5. The van der Waals surface area contributed by atoms with Crippen molar-refractivity contribution in [2.75, 3.05) is 13.2 Å². The standard InChI is InChI=1S/C12H17NO3/c14-8-10-12(16)11(15)7-13(10)6-9-4-2-1-3-5-9/h1-5,10-12,14-16H,6-8H2/t10-,11-,12-/m1/s1. The first kappa shape index (κ1) is 11.5. The summed E-state index contributed by atoms with van der Waals surface area (Å²) in [7, 11) is 0. The van der Waals surface area contributed by atoms with Gasteiger partial charge in [0.2, 0.25) is 0 Å². The molecule has 0 bridgehead atoms. The molecule has 1 aliphatic rings. The zero-order valence-electron chi connectivity index (χ0n) is 9.03. The fraction of sp³-hybridized carbons (Fsp3) is 0.500. The van der Waals surface area contributed by atoms with Crippen LogP contribution in [-0.4, -0.2) is 51.6 Å². The lowest BCUT2D eigenvalue weighted by molar-refractivity contribution is 0.0210. The van der Waals surface area contributed by atoms with E-state index < -0.39 is 12.2 Å². The number of hydrogen-bond acceptors (Lipinski definition) is 4. The van der Waals surface area contributed by atoms with Gasteiger partial charge in [0, 0.05) is 13.1 Å². The van der Waals surface area contributed by atoms with Gasteiger partial charge in [-0.15, -0.1) is 0 Å². The Balaban J connectivity index is 2.05. The minimum Gasteiger partial charge on any atom is -0.395 e. The highest BCUT2D eigenvalue weighted by molar-refractivity contribution is 5.15. The Bertz CT molecular complexity index is 330. The van der Waals surface area contributed by atoms with Gasteiger partial charge in [-0.2, -0.15) is 0 Å². The van der Waals surface area contributed by atoms with Gasteiger partial charge in [-0.05, 0) is 5.56 Å². The van der Waals surface area contributed by atoms with Crippen LogP contribution in [0, 0.1) is 0 Å². The summed E-state index contributed by atoms with van der Waals surface area (Å²) in [5.74, 6) is 0. The average Bonchev–Trinajstić information content (AvgIpc) is 2.56. The summed E-state index contributed by atoms with van der Waals surface area (Å²) >= 11 is 0. The highest BCUT2D eigenvalue weighted by atomic mass is 16.3. The average molecular weight is 223 g/mol. The lowest BCUT2D eigenvalue weighted by Crippen LogP contribution is -2.38. The van der Waals surface area contributed by atoms with Crippen molar-refractivity contribution in [1.29, 1.82) is 0 Å². The van der Waals surface area contributed by atoms with Gasteiger partial charge >= 0.3 is 0 Å². The van der Waals surface area contributed by atoms with Crippen LogP contribution < -0.4 is 0 Å². The summed E-state index contributed by atoms with van der Waals surface area (Å²) in [5, 5.41) is 28.4. The lowest BCUT2D eigenvalue weighted by atomic mass is 10.1. The maximum atomic E-state index is 9.65. The lowest BCUT2D eigenvalue weighted by Gasteiger charge is -2.23. The molecule has 0 radical (unpaired) electrons. The molecule has 4 nitrogen and oxygen atoms in total. The van der Waals surface area contributed by atoms with Crippen LogP contribution in [0.2, 0.25) is 0 Å². The van der Waals surface area contributed by atoms with E-state index in [9.17, 15) is 15.3 Å². The van der Waals surface area contributed by atoms with Crippen LogP contribution in [-0.2, 0) is 6.54 Å². The third-order valence-corrected chi connectivity index (χ3v) is 3.09. The second-order valence-corrected chi connectivity index (χ2v) is 4.22. The predicted octanol–water partition coefficient (Wildman–Crippen LogP) is -0.415. The Morgan fingerprint density at radius 2 is 1.88 bits per heavy atom. The van der Waals surface area contributed by atoms with Crippen LogP contribution in [0.25, 0.3) is 0 Å². The molecule has 4 heteroatoms. The molecule has 1 aliphatic heterocycles. The minimum atomic E-state index is -0.853. The maximum absolute atomic E-state index is 9.65. The van der Waals surface area contributed by atoms with E-state index in [1.807, 2.05) is 35.2 Å². The summed E-state index contributed by atoms with van der Waals surface area (Å²) in [4.78, 5) is 1.91. The van der Waals surface area contributed by atoms with E-state index in [1.165, 1.54) is 0 Å². The molecular formula is C12H17NO3. The van der Waals surface area contributed by atoms with Crippen molar-refractivity contribution in [2.45, 2.75) is 24.8 Å². The molecule has 0 spiro atoms. The van der Waals surface area contributed by atoms with Gasteiger partial charge in [0.25, 0.3) is 0 Å². The Labute approximate surface area is 94.8 Å². The fourth-order valence-corrected chi connectivity index (χ4v) is 2.18. The Morgan fingerprint density at radius 1 is 1.19 bits per heavy atom. The van der Waals surface area contributed by atoms with Crippen molar-refractivity contribution < 1.29 is 15.3 Å². The molecule has 0 aliphatic carbocycles. The SMILES string of the molecule is OC[C@@H]1[C@@H](O)[C@H](O)CN1Cc1ccccc1. The van der Waals surface area contributed by atoms with E-state index in [0.717, 1.165) is 5.56 Å². The van der Waals surface area contributed by atoms with Gasteiger partial charge in [-0.1, -0.05) is 30.3 Å². The molecule has 3 atom stereocenters. The van der Waals surface area contributed by atoms with E-state index in [4.69, 9.17) is 0 Å². The first-order chi connectivity index (χ1) is 7.72. The zero-order valence-corrected chi connectivity index (χ0v) is 9.03. The highest BCUT2D eigenvalue weighted by Gasteiger charge is 2.38. The number of rotatable bonds is 3. The van der Waals surface area contributed by atoms with Crippen molar-refractivity contribution in [3.8, 4) is 0 Å². The molecule has 0 amide bonds. The van der Waals surface area contributed by atoms with Crippen molar-refractivity contribution in [1.82, 2.24) is 4.90 Å². The van der Waals surface area contributed by atoms with E-state index in [-0.39, 0.29) is 12.6 Å². The molecule has 0 aromatic heterocycles. The molecule has 3 N–H and O–H groups in total. The fourth-order valence-electron chi connectivity index (χ4n) is 2.18. The van der Waals surface area contributed by atoms with Crippen LogP contribution in [0.4, 0.5) is 0 Å². The summed E-state index contributed by atoms with van der Waals surface area (Å²) in [6, 6.07) is 9.46. The minimum absolute atomic E-state index is 0.134. The monoisotopic (exact) mass is 223 g/mol. The summed E-state index contributed by atoms with van der Waals surface area (Å²) in [6.45, 7) is 0.909. The molecule has 1 saturated heterocycles.